The van der Waals surface area contributed by atoms with E-state index >= 15 is 0 Å². The van der Waals surface area contributed by atoms with Crippen molar-refractivity contribution >= 4 is 22.7 Å². The molecular formula is C12H13N3O3S. The molecule has 2 aromatic rings. The summed E-state index contributed by atoms with van der Waals surface area (Å²) in [5.74, 6) is 0. The smallest absolute Gasteiger partial charge is 0.272 e. The number of aliphatic hydroxyl groups excluding tert-OH is 1. The average Bonchev–Trinajstić information content (AvgIpc) is 2.84. The van der Waals surface area contributed by atoms with Crippen molar-refractivity contribution in [1.82, 2.24) is 4.98 Å². The van der Waals surface area contributed by atoms with Crippen LogP contribution in [-0.2, 0) is 13.2 Å². The summed E-state index contributed by atoms with van der Waals surface area (Å²) in [6, 6.07) is 4.89. The second-order valence-corrected chi connectivity index (χ2v) is 4.95. The summed E-state index contributed by atoms with van der Waals surface area (Å²) in [4.78, 5) is 14.5. The predicted octanol–water partition coefficient (Wildman–Crippen LogP) is 2.46. The maximum absolute atomic E-state index is 10.7. The Hall–Kier alpha value is -1.99. The average molecular weight is 279 g/mol. The highest BCUT2D eigenvalue weighted by Gasteiger charge is 2.10. The lowest BCUT2D eigenvalue weighted by atomic mass is 10.2. The summed E-state index contributed by atoms with van der Waals surface area (Å²) in [5, 5.41) is 25.4. The van der Waals surface area contributed by atoms with Gasteiger partial charge in [-0.1, -0.05) is 0 Å². The molecule has 0 atom stereocenters. The predicted molar refractivity (Wildman–Crippen MR) is 73.2 cm³/mol. The summed E-state index contributed by atoms with van der Waals surface area (Å²) in [6.45, 7) is 2.17. The number of hydrogen-bond donors (Lipinski definition) is 2. The molecule has 2 rings (SSSR count). The molecule has 2 N–H and O–H groups in total. The van der Waals surface area contributed by atoms with Crippen molar-refractivity contribution in [3.8, 4) is 0 Å². The number of nitro benzene ring substituents is 1. The zero-order chi connectivity index (χ0) is 13.8. The van der Waals surface area contributed by atoms with E-state index in [1.165, 1.54) is 17.4 Å². The number of aliphatic hydroxyl groups is 1. The van der Waals surface area contributed by atoms with Gasteiger partial charge in [0, 0.05) is 22.7 Å². The monoisotopic (exact) mass is 279 g/mol. The normalized spacial score (nSPS) is 10.4. The van der Waals surface area contributed by atoms with E-state index in [9.17, 15) is 10.1 Å². The van der Waals surface area contributed by atoms with E-state index in [1.807, 2.05) is 0 Å². The Kier molecular flexibility index (Phi) is 4.08. The molecule has 0 fully saturated rings. The highest BCUT2D eigenvalue weighted by Crippen LogP contribution is 2.22. The highest BCUT2D eigenvalue weighted by atomic mass is 32.1. The topological polar surface area (TPSA) is 88.3 Å². The second-order valence-electron chi connectivity index (χ2n) is 4.00. The van der Waals surface area contributed by atoms with Gasteiger partial charge < -0.3 is 10.4 Å². The van der Waals surface area contributed by atoms with E-state index in [4.69, 9.17) is 5.11 Å². The van der Waals surface area contributed by atoms with E-state index in [1.54, 1.807) is 24.4 Å². The maximum atomic E-state index is 10.7. The first kappa shape index (κ1) is 13.4. The number of hydrogen-bond acceptors (Lipinski definition) is 6. The van der Waals surface area contributed by atoms with Crippen molar-refractivity contribution in [3.05, 3.63) is 50.0 Å². The quantitative estimate of drug-likeness (QED) is 0.648. The Labute approximate surface area is 113 Å². The summed E-state index contributed by atoms with van der Waals surface area (Å²) in [7, 11) is 0. The molecule has 6 nitrogen and oxygen atoms in total. The molecule has 1 heterocycles. The number of anilines is 1. The van der Waals surface area contributed by atoms with Crippen LogP contribution in [0.3, 0.4) is 0 Å². The van der Waals surface area contributed by atoms with Gasteiger partial charge in [0.05, 0.1) is 23.8 Å². The van der Waals surface area contributed by atoms with Crippen molar-refractivity contribution < 1.29 is 10.0 Å². The molecule has 0 spiro atoms. The lowest BCUT2D eigenvalue weighted by molar-refractivity contribution is -0.385. The number of benzene rings is 1. The zero-order valence-electron chi connectivity index (χ0n) is 10.3. The van der Waals surface area contributed by atoms with E-state index in [0.717, 1.165) is 10.7 Å². The van der Waals surface area contributed by atoms with E-state index in [-0.39, 0.29) is 12.3 Å². The number of thiazole rings is 1. The molecule has 0 saturated heterocycles. The third kappa shape index (κ3) is 3.27. The fraction of sp³-hybridized carbons (Fsp3) is 0.250. The van der Waals surface area contributed by atoms with Gasteiger partial charge in [-0.25, -0.2) is 4.98 Å². The third-order valence-electron chi connectivity index (χ3n) is 2.60. The lowest BCUT2D eigenvalue weighted by Gasteiger charge is -2.05. The number of aromatic nitrogens is 1. The van der Waals surface area contributed by atoms with Crippen molar-refractivity contribution in [1.29, 1.82) is 0 Å². The van der Waals surface area contributed by atoms with E-state index < -0.39 is 4.92 Å². The number of aryl methyl sites for hydroxylation is 1. The highest BCUT2D eigenvalue weighted by molar-refractivity contribution is 7.09. The zero-order valence-corrected chi connectivity index (χ0v) is 11.1. The minimum absolute atomic E-state index is 0.0624. The first-order valence-corrected chi connectivity index (χ1v) is 6.51. The molecule has 0 unspecified atom stereocenters. The number of nitrogens with one attached hydrogen (secondary N) is 1. The Morgan fingerprint density at radius 2 is 2.32 bits per heavy atom. The van der Waals surface area contributed by atoms with Crippen molar-refractivity contribution in [2.24, 2.45) is 0 Å². The molecule has 100 valence electrons. The molecule has 0 aliphatic rings. The van der Waals surface area contributed by atoms with Crippen LogP contribution < -0.4 is 5.32 Å². The van der Waals surface area contributed by atoms with Gasteiger partial charge in [-0.3, -0.25) is 10.1 Å². The molecule has 0 aliphatic carbocycles. The van der Waals surface area contributed by atoms with Crippen molar-refractivity contribution in [2.45, 2.75) is 20.1 Å². The SMILES string of the molecule is Cc1cc(NCc2nc(CO)cs2)ccc1[N+](=O)[O-]. The number of rotatable bonds is 5. The molecule has 0 amide bonds. The Bertz CT molecular complexity index is 598. The largest absolute Gasteiger partial charge is 0.390 e. The maximum Gasteiger partial charge on any atom is 0.272 e. The molecule has 7 heteroatoms. The van der Waals surface area contributed by atoms with Crippen LogP contribution in [0.2, 0.25) is 0 Å². The van der Waals surface area contributed by atoms with Gasteiger partial charge in [-0.2, -0.15) is 0 Å². The van der Waals surface area contributed by atoms with E-state index in [0.29, 0.717) is 17.8 Å². The van der Waals surface area contributed by atoms with Crippen LogP contribution >= 0.6 is 11.3 Å². The molecule has 0 radical (unpaired) electrons. The van der Waals surface area contributed by atoms with Crippen molar-refractivity contribution in [3.63, 3.8) is 0 Å². The first-order valence-electron chi connectivity index (χ1n) is 5.63. The van der Waals surface area contributed by atoms with E-state index in [2.05, 4.69) is 10.3 Å². The summed E-state index contributed by atoms with van der Waals surface area (Å²) < 4.78 is 0. The molecule has 19 heavy (non-hydrogen) atoms. The summed E-state index contributed by atoms with van der Waals surface area (Å²) >= 11 is 1.46. The van der Waals surface area contributed by atoms with Gasteiger partial charge >= 0.3 is 0 Å². The minimum Gasteiger partial charge on any atom is -0.390 e. The molecule has 0 saturated carbocycles. The van der Waals surface area contributed by atoms with Gasteiger partial charge in [0.15, 0.2) is 0 Å². The van der Waals surface area contributed by atoms with Crippen LogP contribution in [0.1, 0.15) is 16.3 Å². The van der Waals surface area contributed by atoms with Crippen LogP contribution in [0.15, 0.2) is 23.6 Å². The Morgan fingerprint density at radius 1 is 1.53 bits per heavy atom. The summed E-state index contributed by atoms with van der Waals surface area (Å²) in [6.07, 6.45) is 0. The van der Waals surface area contributed by atoms with Gasteiger partial charge in [0.1, 0.15) is 5.01 Å². The van der Waals surface area contributed by atoms with Crippen LogP contribution in [0.4, 0.5) is 11.4 Å². The van der Waals surface area contributed by atoms with Crippen LogP contribution in [0, 0.1) is 17.0 Å². The Balaban J connectivity index is 2.03. The van der Waals surface area contributed by atoms with Crippen LogP contribution in [-0.4, -0.2) is 15.0 Å². The summed E-state index contributed by atoms with van der Waals surface area (Å²) in [5.41, 5.74) is 2.19. The molecular weight excluding hydrogens is 266 g/mol. The number of nitro groups is 1. The number of nitrogens with zero attached hydrogens (tertiary/aromatic N) is 2. The van der Waals surface area contributed by atoms with Crippen LogP contribution in [0.25, 0.3) is 0 Å². The standard InChI is InChI=1S/C12H13N3O3S/c1-8-4-9(2-3-11(8)15(17)18)13-5-12-14-10(6-16)7-19-12/h2-4,7,13,16H,5-6H2,1H3. The minimum atomic E-state index is -0.395. The van der Waals surface area contributed by atoms with Gasteiger partial charge in [0.25, 0.3) is 5.69 Å². The fourth-order valence-electron chi connectivity index (χ4n) is 1.65. The van der Waals surface area contributed by atoms with Crippen LogP contribution in [0.5, 0.6) is 0 Å². The second kappa shape index (κ2) is 5.77. The fourth-order valence-corrected chi connectivity index (χ4v) is 2.38. The van der Waals surface area contributed by atoms with Gasteiger partial charge in [0.2, 0.25) is 0 Å². The van der Waals surface area contributed by atoms with Crippen molar-refractivity contribution in [2.75, 3.05) is 5.32 Å². The molecule has 0 aliphatic heterocycles. The first-order chi connectivity index (χ1) is 9.10. The third-order valence-corrected chi connectivity index (χ3v) is 3.50. The van der Waals surface area contributed by atoms with Gasteiger partial charge in [-0.15, -0.1) is 11.3 Å². The Morgan fingerprint density at radius 3 is 2.89 bits per heavy atom. The lowest BCUT2D eigenvalue weighted by Crippen LogP contribution is -2.00. The van der Waals surface area contributed by atoms with Gasteiger partial charge in [-0.05, 0) is 19.1 Å². The molecule has 1 aromatic carbocycles. The molecule has 0 bridgehead atoms. The molecule has 1 aromatic heterocycles.